The molecule has 1 aromatic carbocycles. The lowest BCUT2D eigenvalue weighted by Crippen LogP contribution is -2.45. The Morgan fingerprint density at radius 2 is 1.80 bits per heavy atom. The third kappa shape index (κ3) is 4.31. The topological polar surface area (TPSA) is 12.0 Å². The van der Waals surface area contributed by atoms with Gasteiger partial charge in [-0.3, -0.25) is 0 Å². The van der Waals surface area contributed by atoms with Gasteiger partial charge in [0.1, 0.15) is 5.82 Å². The summed E-state index contributed by atoms with van der Waals surface area (Å²) in [6.45, 7) is 4.53. The summed E-state index contributed by atoms with van der Waals surface area (Å²) >= 11 is 0. The smallest absolute Gasteiger partial charge is 0.123 e. The summed E-state index contributed by atoms with van der Waals surface area (Å²) in [6.07, 6.45) is 8.88. The van der Waals surface area contributed by atoms with Crippen molar-refractivity contribution in [3.63, 3.8) is 0 Å². The highest BCUT2D eigenvalue weighted by Crippen LogP contribution is 2.37. The highest BCUT2D eigenvalue weighted by atomic mass is 19.1. The maximum absolute atomic E-state index is 12.9. The summed E-state index contributed by atoms with van der Waals surface area (Å²) in [4.78, 5) is 0. The molecular weight excluding hydrogens is 249 g/mol. The van der Waals surface area contributed by atoms with Crippen LogP contribution in [0.4, 0.5) is 4.39 Å². The van der Waals surface area contributed by atoms with Gasteiger partial charge in [-0.05, 0) is 49.3 Å². The number of benzene rings is 1. The standard InChI is InChI=1S/C18H28FN/c1-3-5-7-17(6-4-2)20-18-12-15(13-18)14-8-10-16(19)11-9-14/h8-11,15,17-18,20H,3-7,12-13H2,1-2H3. The Bertz CT molecular complexity index is 381. The van der Waals surface area contributed by atoms with Crippen LogP contribution in [-0.2, 0) is 0 Å². The first kappa shape index (κ1) is 15.5. The molecule has 0 heterocycles. The van der Waals surface area contributed by atoms with Gasteiger partial charge in [0.05, 0.1) is 0 Å². The normalized spacial score (nSPS) is 23.4. The van der Waals surface area contributed by atoms with Crippen LogP contribution in [0.5, 0.6) is 0 Å². The Morgan fingerprint density at radius 3 is 2.40 bits per heavy atom. The van der Waals surface area contributed by atoms with E-state index in [0.717, 1.165) is 0 Å². The molecule has 0 spiro atoms. The highest BCUT2D eigenvalue weighted by molar-refractivity contribution is 5.23. The van der Waals surface area contributed by atoms with Crippen molar-refractivity contribution in [1.82, 2.24) is 5.32 Å². The molecule has 0 saturated heterocycles. The van der Waals surface area contributed by atoms with E-state index >= 15 is 0 Å². The molecule has 1 atom stereocenters. The van der Waals surface area contributed by atoms with Crippen LogP contribution in [0.1, 0.15) is 70.3 Å². The molecule has 1 aliphatic rings. The van der Waals surface area contributed by atoms with Crippen molar-refractivity contribution < 1.29 is 4.39 Å². The van der Waals surface area contributed by atoms with Crippen molar-refractivity contribution in [1.29, 1.82) is 0 Å². The van der Waals surface area contributed by atoms with E-state index in [1.807, 2.05) is 12.1 Å². The van der Waals surface area contributed by atoms with E-state index in [1.54, 1.807) is 12.1 Å². The zero-order chi connectivity index (χ0) is 14.4. The van der Waals surface area contributed by atoms with E-state index in [1.165, 1.54) is 50.5 Å². The minimum absolute atomic E-state index is 0.134. The fraction of sp³-hybridized carbons (Fsp3) is 0.667. The Morgan fingerprint density at radius 1 is 1.10 bits per heavy atom. The van der Waals surface area contributed by atoms with Crippen LogP contribution >= 0.6 is 0 Å². The van der Waals surface area contributed by atoms with Crippen molar-refractivity contribution in [2.24, 2.45) is 0 Å². The summed E-state index contributed by atoms with van der Waals surface area (Å²) in [5, 5.41) is 3.83. The van der Waals surface area contributed by atoms with Gasteiger partial charge in [-0.1, -0.05) is 45.2 Å². The van der Waals surface area contributed by atoms with Crippen molar-refractivity contribution in [2.75, 3.05) is 0 Å². The summed E-state index contributed by atoms with van der Waals surface area (Å²) in [7, 11) is 0. The summed E-state index contributed by atoms with van der Waals surface area (Å²) < 4.78 is 12.9. The third-order valence-corrected chi connectivity index (χ3v) is 4.49. The molecule has 20 heavy (non-hydrogen) atoms. The maximum atomic E-state index is 12.9. The lowest BCUT2D eigenvalue weighted by molar-refractivity contribution is 0.251. The first-order chi connectivity index (χ1) is 9.72. The lowest BCUT2D eigenvalue weighted by Gasteiger charge is -2.39. The first-order valence-electron chi connectivity index (χ1n) is 8.24. The summed E-state index contributed by atoms with van der Waals surface area (Å²) in [5.41, 5.74) is 1.30. The van der Waals surface area contributed by atoms with Crippen molar-refractivity contribution in [3.8, 4) is 0 Å². The van der Waals surface area contributed by atoms with E-state index in [-0.39, 0.29) is 5.82 Å². The van der Waals surface area contributed by atoms with Crippen LogP contribution in [0.25, 0.3) is 0 Å². The Hall–Kier alpha value is -0.890. The molecule has 0 aromatic heterocycles. The van der Waals surface area contributed by atoms with E-state index in [0.29, 0.717) is 18.0 Å². The van der Waals surface area contributed by atoms with Crippen LogP contribution in [0.2, 0.25) is 0 Å². The molecule has 1 saturated carbocycles. The van der Waals surface area contributed by atoms with Gasteiger partial charge in [0.2, 0.25) is 0 Å². The number of unbranched alkanes of at least 4 members (excludes halogenated alkanes) is 1. The molecule has 0 amide bonds. The number of hydrogen-bond acceptors (Lipinski definition) is 1. The van der Waals surface area contributed by atoms with E-state index in [9.17, 15) is 4.39 Å². The fourth-order valence-electron chi connectivity index (χ4n) is 3.20. The predicted octanol–water partition coefficient (Wildman–Crippen LogP) is 5.02. The number of halogens is 1. The van der Waals surface area contributed by atoms with Crippen LogP contribution in [0.3, 0.4) is 0 Å². The Kier molecular flexibility index (Phi) is 6.03. The fourth-order valence-corrected chi connectivity index (χ4v) is 3.20. The monoisotopic (exact) mass is 277 g/mol. The zero-order valence-corrected chi connectivity index (χ0v) is 12.9. The van der Waals surface area contributed by atoms with Crippen LogP contribution in [0.15, 0.2) is 24.3 Å². The van der Waals surface area contributed by atoms with Crippen molar-refractivity contribution >= 4 is 0 Å². The average molecular weight is 277 g/mol. The van der Waals surface area contributed by atoms with Crippen molar-refractivity contribution in [2.45, 2.75) is 76.8 Å². The molecule has 2 rings (SSSR count). The number of nitrogens with one attached hydrogen (secondary N) is 1. The molecule has 0 aliphatic heterocycles. The van der Waals surface area contributed by atoms with E-state index < -0.39 is 0 Å². The summed E-state index contributed by atoms with van der Waals surface area (Å²) in [6, 6.07) is 8.40. The maximum Gasteiger partial charge on any atom is 0.123 e. The minimum atomic E-state index is -0.134. The number of rotatable bonds is 8. The molecule has 1 aromatic rings. The molecule has 1 nitrogen and oxygen atoms in total. The molecule has 1 unspecified atom stereocenters. The number of hydrogen-bond donors (Lipinski definition) is 1. The van der Waals surface area contributed by atoms with E-state index in [2.05, 4.69) is 19.2 Å². The van der Waals surface area contributed by atoms with Gasteiger partial charge < -0.3 is 5.32 Å². The van der Waals surface area contributed by atoms with Crippen LogP contribution in [-0.4, -0.2) is 12.1 Å². The molecule has 2 heteroatoms. The van der Waals surface area contributed by atoms with Gasteiger partial charge in [0, 0.05) is 12.1 Å². The second-order valence-electron chi connectivity index (χ2n) is 6.21. The quantitative estimate of drug-likeness (QED) is 0.703. The second-order valence-corrected chi connectivity index (χ2v) is 6.21. The van der Waals surface area contributed by atoms with Crippen LogP contribution in [0, 0.1) is 5.82 Å². The largest absolute Gasteiger partial charge is 0.311 e. The Labute approximate surface area is 123 Å². The molecule has 1 aliphatic carbocycles. The minimum Gasteiger partial charge on any atom is -0.311 e. The summed E-state index contributed by atoms with van der Waals surface area (Å²) in [5.74, 6) is 0.492. The van der Waals surface area contributed by atoms with Crippen molar-refractivity contribution in [3.05, 3.63) is 35.6 Å². The zero-order valence-electron chi connectivity index (χ0n) is 12.9. The third-order valence-electron chi connectivity index (χ3n) is 4.49. The van der Waals surface area contributed by atoms with Gasteiger partial charge >= 0.3 is 0 Å². The van der Waals surface area contributed by atoms with Gasteiger partial charge in [-0.25, -0.2) is 4.39 Å². The first-order valence-corrected chi connectivity index (χ1v) is 8.24. The van der Waals surface area contributed by atoms with Gasteiger partial charge in [-0.15, -0.1) is 0 Å². The molecule has 0 bridgehead atoms. The molecular formula is C18H28FN. The molecule has 1 fully saturated rings. The lowest BCUT2D eigenvalue weighted by atomic mass is 9.75. The van der Waals surface area contributed by atoms with Gasteiger partial charge in [-0.2, -0.15) is 0 Å². The van der Waals surface area contributed by atoms with Gasteiger partial charge in [0.15, 0.2) is 0 Å². The van der Waals surface area contributed by atoms with E-state index in [4.69, 9.17) is 0 Å². The average Bonchev–Trinajstić information content (AvgIpc) is 2.41. The molecule has 112 valence electrons. The Balaban J connectivity index is 1.75. The molecule has 0 radical (unpaired) electrons. The van der Waals surface area contributed by atoms with Gasteiger partial charge in [0.25, 0.3) is 0 Å². The van der Waals surface area contributed by atoms with Crippen LogP contribution < -0.4 is 5.32 Å². The molecule has 1 N–H and O–H groups in total. The predicted molar refractivity (Wildman–Crippen MR) is 83.5 cm³/mol. The SMILES string of the molecule is CCCCC(CCC)NC1CC(c2ccc(F)cc2)C1. The second kappa shape index (κ2) is 7.78. The highest BCUT2D eigenvalue weighted by Gasteiger charge is 2.31.